The summed E-state index contributed by atoms with van der Waals surface area (Å²) in [6.45, 7) is 1.89. The number of anilines is 1. The molecular weight excluding hydrogens is 329 g/mol. The number of carbonyl (C=O) groups is 1. The molecule has 1 fully saturated rings. The molecule has 0 N–H and O–H groups in total. The number of aromatic nitrogens is 2. The van der Waals surface area contributed by atoms with Crippen molar-refractivity contribution in [2.24, 2.45) is 0 Å². The van der Waals surface area contributed by atoms with Crippen molar-refractivity contribution in [1.29, 1.82) is 0 Å². The molecule has 0 spiro atoms. The first-order chi connectivity index (χ1) is 10.1. The molecule has 1 aliphatic heterocycles. The highest BCUT2D eigenvalue weighted by molar-refractivity contribution is 8.00. The van der Waals surface area contributed by atoms with E-state index in [0.717, 1.165) is 5.69 Å². The van der Waals surface area contributed by atoms with Crippen LogP contribution in [-0.4, -0.2) is 21.6 Å². The zero-order valence-corrected chi connectivity index (χ0v) is 13.4. The SMILES string of the molecule is Cc1cccc(N2C(=O)CSC2c2c(Cl)cncc2Cl)n1. The van der Waals surface area contributed by atoms with Gasteiger partial charge in [0.25, 0.3) is 0 Å². The summed E-state index contributed by atoms with van der Waals surface area (Å²) in [5.74, 6) is 0.973. The fraction of sp³-hybridized carbons (Fsp3) is 0.214. The largest absolute Gasteiger partial charge is 0.279 e. The molecule has 0 bridgehead atoms. The van der Waals surface area contributed by atoms with Crippen LogP contribution in [0.25, 0.3) is 0 Å². The van der Waals surface area contributed by atoms with Gasteiger partial charge in [0.15, 0.2) is 0 Å². The molecular formula is C14H11Cl2N3OS. The second kappa shape index (κ2) is 5.83. The average Bonchev–Trinajstić information content (AvgIpc) is 2.80. The highest BCUT2D eigenvalue weighted by atomic mass is 35.5. The standard InChI is InChI=1S/C14H11Cl2N3OS/c1-8-3-2-4-11(18-8)19-12(20)7-21-14(19)13-9(15)5-17-6-10(13)16/h2-6,14H,7H2,1H3. The molecule has 1 aliphatic rings. The topological polar surface area (TPSA) is 46.1 Å². The van der Waals surface area contributed by atoms with Gasteiger partial charge in [-0.2, -0.15) is 0 Å². The molecule has 0 saturated carbocycles. The van der Waals surface area contributed by atoms with E-state index in [1.54, 1.807) is 4.90 Å². The zero-order valence-electron chi connectivity index (χ0n) is 11.1. The molecule has 2 aromatic rings. The Morgan fingerprint density at radius 2 is 2.00 bits per heavy atom. The van der Waals surface area contributed by atoms with E-state index < -0.39 is 0 Å². The lowest BCUT2D eigenvalue weighted by Crippen LogP contribution is -2.29. The van der Waals surface area contributed by atoms with Gasteiger partial charge in [-0.15, -0.1) is 11.8 Å². The van der Waals surface area contributed by atoms with E-state index in [1.165, 1.54) is 24.2 Å². The van der Waals surface area contributed by atoms with Crippen LogP contribution in [0, 0.1) is 6.92 Å². The summed E-state index contributed by atoms with van der Waals surface area (Å²) < 4.78 is 0. The number of hydrogen-bond donors (Lipinski definition) is 0. The van der Waals surface area contributed by atoms with E-state index in [-0.39, 0.29) is 11.3 Å². The summed E-state index contributed by atoms with van der Waals surface area (Å²) in [5.41, 5.74) is 1.55. The van der Waals surface area contributed by atoms with Crippen molar-refractivity contribution in [1.82, 2.24) is 9.97 Å². The van der Waals surface area contributed by atoms with Crippen LogP contribution in [0.3, 0.4) is 0 Å². The monoisotopic (exact) mass is 339 g/mol. The Kier molecular flexibility index (Phi) is 4.06. The van der Waals surface area contributed by atoms with Crippen molar-refractivity contribution in [2.45, 2.75) is 12.3 Å². The van der Waals surface area contributed by atoms with E-state index >= 15 is 0 Å². The van der Waals surface area contributed by atoms with Crippen LogP contribution in [-0.2, 0) is 4.79 Å². The van der Waals surface area contributed by atoms with E-state index in [0.29, 0.717) is 27.2 Å². The first kappa shape index (κ1) is 14.6. The van der Waals surface area contributed by atoms with Crippen LogP contribution >= 0.6 is 35.0 Å². The molecule has 1 saturated heterocycles. The zero-order chi connectivity index (χ0) is 15.0. The van der Waals surface area contributed by atoms with E-state index in [4.69, 9.17) is 23.2 Å². The fourth-order valence-corrected chi connectivity index (χ4v) is 4.14. The number of aryl methyl sites for hydroxylation is 1. The maximum absolute atomic E-state index is 12.3. The molecule has 3 rings (SSSR count). The number of hydrogen-bond acceptors (Lipinski definition) is 4. The van der Waals surface area contributed by atoms with Crippen LogP contribution in [0.15, 0.2) is 30.6 Å². The highest BCUT2D eigenvalue weighted by Crippen LogP contribution is 2.45. The molecule has 0 aliphatic carbocycles. The summed E-state index contributed by atoms with van der Waals surface area (Å²) in [5, 5.41) is 0.620. The van der Waals surface area contributed by atoms with Gasteiger partial charge in [-0.1, -0.05) is 29.3 Å². The maximum atomic E-state index is 12.3. The second-order valence-corrected chi connectivity index (χ2v) is 6.46. The molecule has 1 atom stereocenters. The number of nitrogens with zero attached hydrogens (tertiary/aromatic N) is 3. The third-order valence-corrected chi connectivity index (χ3v) is 4.90. The van der Waals surface area contributed by atoms with Crippen molar-refractivity contribution >= 4 is 46.7 Å². The smallest absolute Gasteiger partial charge is 0.239 e. The second-order valence-electron chi connectivity index (χ2n) is 4.58. The van der Waals surface area contributed by atoms with Gasteiger partial charge >= 0.3 is 0 Å². The predicted octanol–water partition coefficient (Wildman–Crippen LogP) is 3.87. The number of halogens is 2. The molecule has 2 aromatic heterocycles. The van der Waals surface area contributed by atoms with Crippen molar-refractivity contribution in [3.8, 4) is 0 Å². The first-order valence-electron chi connectivity index (χ1n) is 6.24. The molecule has 4 nitrogen and oxygen atoms in total. The summed E-state index contributed by atoms with van der Waals surface area (Å²) >= 11 is 13.9. The van der Waals surface area contributed by atoms with E-state index in [2.05, 4.69) is 9.97 Å². The summed E-state index contributed by atoms with van der Waals surface area (Å²) in [6, 6.07) is 5.58. The van der Waals surface area contributed by atoms with Gasteiger partial charge in [0, 0.05) is 23.7 Å². The predicted molar refractivity (Wildman–Crippen MR) is 85.9 cm³/mol. The van der Waals surface area contributed by atoms with Gasteiger partial charge in [0.2, 0.25) is 5.91 Å². The van der Waals surface area contributed by atoms with Gasteiger partial charge in [-0.05, 0) is 19.1 Å². The molecule has 0 radical (unpaired) electrons. The lowest BCUT2D eigenvalue weighted by molar-refractivity contribution is -0.115. The third kappa shape index (κ3) is 2.73. The van der Waals surface area contributed by atoms with Crippen LogP contribution in [0.1, 0.15) is 16.6 Å². The Labute approximate surface area is 136 Å². The minimum absolute atomic E-state index is 0.00737. The Balaban J connectivity index is 2.08. The normalized spacial score (nSPS) is 18.3. The van der Waals surface area contributed by atoms with E-state index in [1.807, 2.05) is 25.1 Å². The van der Waals surface area contributed by atoms with Crippen molar-refractivity contribution in [3.05, 3.63) is 51.9 Å². The average molecular weight is 340 g/mol. The summed E-state index contributed by atoms with van der Waals surface area (Å²) in [4.78, 5) is 22.3. The van der Waals surface area contributed by atoms with Crippen molar-refractivity contribution in [2.75, 3.05) is 10.7 Å². The number of amides is 1. The Hall–Kier alpha value is -1.30. The number of thioether (sulfide) groups is 1. The van der Waals surface area contributed by atoms with Crippen LogP contribution < -0.4 is 4.90 Å². The van der Waals surface area contributed by atoms with Crippen LogP contribution in [0.4, 0.5) is 5.82 Å². The number of carbonyl (C=O) groups excluding carboxylic acids is 1. The van der Waals surface area contributed by atoms with Crippen molar-refractivity contribution in [3.63, 3.8) is 0 Å². The van der Waals surface area contributed by atoms with Gasteiger partial charge in [0.1, 0.15) is 11.2 Å². The molecule has 1 unspecified atom stereocenters. The summed E-state index contributed by atoms with van der Waals surface area (Å²) in [6.07, 6.45) is 3.07. The first-order valence-corrected chi connectivity index (χ1v) is 8.04. The Bertz CT molecular complexity index is 690. The number of rotatable bonds is 2. The third-order valence-electron chi connectivity index (χ3n) is 3.13. The van der Waals surface area contributed by atoms with E-state index in [9.17, 15) is 4.79 Å². The maximum Gasteiger partial charge on any atom is 0.239 e. The number of pyridine rings is 2. The minimum atomic E-state index is -0.283. The van der Waals surface area contributed by atoms with Gasteiger partial charge < -0.3 is 0 Å². The van der Waals surface area contributed by atoms with Crippen LogP contribution in [0.2, 0.25) is 10.0 Å². The van der Waals surface area contributed by atoms with Crippen molar-refractivity contribution < 1.29 is 4.79 Å². The van der Waals surface area contributed by atoms with Crippen LogP contribution in [0.5, 0.6) is 0 Å². The molecule has 21 heavy (non-hydrogen) atoms. The highest BCUT2D eigenvalue weighted by Gasteiger charge is 2.37. The molecule has 1 amide bonds. The van der Waals surface area contributed by atoms with Gasteiger partial charge in [-0.25, -0.2) is 4.98 Å². The lowest BCUT2D eigenvalue weighted by Gasteiger charge is -2.24. The molecule has 7 heteroatoms. The fourth-order valence-electron chi connectivity index (χ4n) is 2.21. The Morgan fingerprint density at radius 3 is 2.67 bits per heavy atom. The minimum Gasteiger partial charge on any atom is -0.279 e. The molecule has 3 heterocycles. The lowest BCUT2D eigenvalue weighted by atomic mass is 10.2. The van der Waals surface area contributed by atoms with Gasteiger partial charge in [0.05, 0.1) is 15.8 Å². The quantitative estimate of drug-likeness (QED) is 0.833. The molecule has 0 aromatic carbocycles. The molecule has 108 valence electrons. The van der Waals surface area contributed by atoms with Gasteiger partial charge in [-0.3, -0.25) is 14.7 Å². The Morgan fingerprint density at radius 1 is 1.29 bits per heavy atom. The summed E-state index contributed by atoms with van der Waals surface area (Å²) in [7, 11) is 0.